The third-order valence-corrected chi connectivity index (χ3v) is 4.14. The molecule has 5 nitrogen and oxygen atoms in total. The fourth-order valence-corrected chi connectivity index (χ4v) is 2.61. The molecule has 2 aromatic carbocycles. The lowest BCUT2D eigenvalue weighted by Crippen LogP contribution is -2.31. The lowest BCUT2D eigenvalue weighted by molar-refractivity contribution is 0.0745. The molecular formula is C20H19ClN4O. The number of anilines is 2. The largest absolute Gasteiger partial charge is 0.339 e. The molecule has 0 aliphatic rings. The van der Waals surface area contributed by atoms with Gasteiger partial charge in [-0.3, -0.25) is 4.79 Å². The van der Waals surface area contributed by atoms with Crippen LogP contribution in [0.4, 0.5) is 11.5 Å². The molecule has 0 bridgehead atoms. The minimum absolute atomic E-state index is 0.137. The highest BCUT2D eigenvalue weighted by atomic mass is 35.5. The second kappa shape index (κ2) is 8.45. The van der Waals surface area contributed by atoms with E-state index in [1.54, 1.807) is 29.2 Å². The first kappa shape index (κ1) is 17.9. The molecule has 0 unspecified atom stereocenters. The number of benzene rings is 2. The smallest absolute Gasteiger partial charge is 0.274 e. The minimum Gasteiger partial charge on any atom is -0.339 e. The van der Waals surface area contributed by atoms with Gasteiger partial charge in [-0.15, -0.1) is 10.2 Å². The van der Waals surface area contributed by atoms with Gasteiger partial charge in [0.2, 0.25) is 0 Å². The molecule has 132 valence electrons. The van der Waals surface area contributed by atoms with Crippen molar-refractivity contribution in [3.05, 3.63) is 83.0 Å². The fraction of sp³-hybridized carbons (Fsp3) is 0.150. The van der Waals surface area contributed by atoms with E-state index in [0.717, 1.165) is 11.3 Å². The summed E-state index contributed by atoms with van der Waals surface area (Å²) < 4.78 is 0. The second-order valence-electron chi connectivity index (χ2n) is 5.74. The Morgan fingerprint density at radius 3 is 2.35 bits per heavy atom. The van der Waals surface area contributed by atoms with Gasteiger partial charge >= 0.3 is 0 Å². The third-order valence-electron chi connectivity index (χ3n) is 3.89. The van der Waals surface area contributed by atoms with Crippen LogP contribution in [0.15, 0.2) is 66.7 Å². The first-order valence-corrected chi connectivity index (χ1v) is 8.73. The monoisotopic (exact) mass is 366 g/mol. The summed E-state index contributed by atoms with van der Waals surface area (Å²) >= 11 is 5.87. The zero-order valence-electron chi connectivity index (χ0n) is 14.4. The Labute approximate surface area is 157 Å². The molecule has 0 aliphatic heterocycles. The Morgan fingerprint density at radius 2 is 1.73 bits per heavy atom. The molecule has 1 aromatic heterocycles. The molecule has 0 saturated carbocycles. The minimum atomic E-state index is -0.137. The lowest BCUT2D eigenvalue weighted by Gasteiger charge is -2.20. The van der Waals surface area contributed by atoms with E-state index < -0.39 is 0 Å². The topological polar surface area (TPSA) is 58.1 Å². The van der Waals surface area contributed by atoms with Crippen molar-refractivity contribution in [1.82, 2.24) is 15.1 Å². The summed E-state index contributed by atoms with van der Waals surface area (Å²) in [5.74, 6) is 0.428. The fourth-order valence-electron chi connectivity index (χ4n) is 2.49. The standard InChI is InChI=1S/C20H19ClN4O/c1-2-25(14-15-6-4-3-5-7-15)20(26)18-12-13-19(24-23-18)22-17-10-8-16(21)9-11-17/h3-13H,2,14H2,1H3,(H,22,24). The summed E-state index contributed by atoms with van der Waals surface area (Å²) in [5.41, 5.74) is 2.25. The number of nitrogens with zero attached hydrogens (tertiary/aromatic N) is 3. The maximum atomic E-state index is 12.7. The molecule has 1 amide bonds. The molecule has 3 aromatic rings. The van der Waals surface area contributed by atoms with Crippen LogP contribution in [-0.2, 0) is 6.54 Å². The Hall–Kier alpha value is -2.92. The van der Waals surface area contributed by atoms with Gasteiger partial charge in [0.05, 0.1) is 0 Å². The molecule has 1 heterocycles. The number of nitrogens with one attached hydrogen (secondary N) is 1. The molecule has 0 fully saturated rings. The first-order chi connectivity index (χ1) is 12.7. The normalized spacial score (nSPS) is 10.4. The SMILES string of the molecule is CCN(Cc1ccccc1)C(=O)c1ccc(Nc2ccc(Cl)cc2)nn1. The van der Waals surface area contributed by atoms with Crippen LogP contribution in [0.5, 0.6) is 0 Å². The number of amides is 1. The quantitative estimate of drug-likeness (QED) is 0.696. The number of carbonyl (C=O) groups excluding carboxylic acids is 1. The van der Waals surface area contributed by atoms with Gasteiger partial charge in [0, 0.05) is 23.8 Å². The van der Waals surface area contributed by atoms with E-state index in [4.69, 9.17) is 11.6 Å². The Morgan fingerprint density at radius 1 is 1.00 bits per heavy atom. The molecule has 6 heteroatoms. The molecule has 3 rings (SSSR count). The maximum Gasteiger partial charge on any atom is 0.274 e. The van der Waals surface area contributed by atoms with E-state index in [1.807, 2.05) is 49.4 Å². The number of aromatic nitrogens is 2. The Kier molecular flexibility index (Phi) is 5.81. The van der Waals surface area contributed by atoms with Crippen molar-refractivity contribution >= 4 is 29.0 Å². The van der Waals surface area contributed by atoms with Gasteiger partial charge < -0.3 is 10.2 Å². The number of hydrogen-bond acceptors (Lipinski definition) is 4. The van der Waals surface area contributed by atoms with Crippen molar-refractivity contribution in [2.75, 3.05) is 11.9 Å². The molecule has 0 radical (unpaired) electrons. The summed E-state index contributed by atoms with van der Waals surface area (Å²) in [6, 6.07) is 20.6. The van der Waals surface area contributed by atoms with Gasteiger partial charge in [0.15, 0.2) is 11.5 Å². The van der Waals surface area contributed by atoms with Crippen molar-refractivity contribution in [2.24, 2.45) is 0 Å². The molecule has 0 atom stereocenters. The van der Waals surface area contributed by atoms with E-state index in [-0.39, 0.29) is 5.91 Å². The van der Waals surface area contributed by atoms with Crippen molar-refractivity contribution in [2.45, 2.75) is 13.5 Å². The molecule has 0 spiro atoms. The highest BCUT2D eigenvalue weighted by Crippen LogP contribution is 2.17. The van der Waals surface area contributed by atoms with Crippen molar-refractivity contribution < 1.29 is 4.79 Å². The van der Waals surface area contributed by atoms with E-state index in [9.17, 15) is 4.79 Å². The van der Waals surface area contributed by atoms with E-state index in [0.29, 0.717) is 29.6 Å². The van der Waals surface area contributed by atoms with Crippen LogP contribution >= 0.6 is 11.6 Å². The van der Waals surface area contributed by atoms with Crippen LogP contribution in [0.25, 0.3) is 0 Å². The lowest BCUT2D eigenvalue weighted by atomic mass is 10.2. The van der Waals surface area contributed by atoms with Crippen molar-refractivity contribution in [3.63, 3.8) is 0 Å². The van der Waals surface area contributed by atoms with Gasteiger partial charge in [-0.25, -0.2) is 0 Å². The van der Waals surface area contributed by atoms with E-state index >= 15 is 0 Å². The number of halogens is 1. The molecule has 26 heavy (non-hydrogen) atoms. The highest BCUT2D eigenvalue weighted by Gasteiger charge is 2.16. The average Bonchev–Trinajstić information content (AvgIpc) is 2.69. The summed E-state index contributed by atoms with van der Waals surface area (Å²) in [7, 11) is 0. The van der Waals surface area contributed by atoms with Gasteiger partial charge in [0.25, 0.3) is 5.91 Å². The van der Waals surface area contributed by atoms with Gasteiger partial charge in [-0.05, 0) is 48.9 Å². The Bertz CT molecular complexity index is 851. The maximum absolute atomic E-state index is 12.7. The van der Waals surface area contributed by atoms with Crippen molar-refractivity contribution in [3.8, 4) is 0 Å². The summed E-state index contributed by atoms with van der Waals surface area (Å²) in [6.45, 7) is 3.09. The van der Waals surface area contributed by atoms with Crippen LogP contribution < -0.4 is 5.32 Å². The first-order valence-electron chi connectivity index (χ1n) is 8.35. The van der Waals surface area contributed by atoms with Crippen LogP contribution in [0.1, 0.15) is 23.0 Å². The van der Waals surface area contributed by atoms with E-state index in [2.05, 4.69) is 15.5 Å². The van der Waals surface area contributed by atoms with E-state index in [1.165, 1.54) is 0 Å². The zero-order chi connectivity index (χ0) is 18.4. The third kappa shape index (κ3) is 4.58. The summed E-state index contributed by atoms with van der Waals surface area (Å²) in [5, 5.41) is 12.0. The predicted octanol–water partition coefficient (Wildman–Crippen LogP) is 4.54. The van der Waals surface area contributed by atoms with Gasteiger partial charge in [-0.1, -0.05) is 41.9 Å². The number of rotatable bonds is 6. The zero-order valence-corrected chi connectivity index (χ0v) is 15.1. The van der Waals surface area contributed by atoms with Crippen molar-refractivity contribution in [1.29, 1.82) is 0 Å². The van der Waals surface area contributed by atoms with Crippen LogP contribution in [-0.4, -0.2) is 27.5 Å². The summed E-state index contributed by atoms with van der Waals surface area (Å²) in [6.07, 6.45) is 0. The van der Waals surface area contributed by atoms with Gasteiger partial charge in [0.1, 0.15) is 0 Å². The van der Waals surface area contributed by atoms with Gasteiger partial charge in [-0.2, -0.15) is 0 Å². The highest BCUT2D eigenvalue weighted by molar-refractivity contribution is 6.30. The number of hydrogen-bond donors (Lipinski definition) is 1. The molecule has 0 saturated heterocycles. The molecular weight excluding hydrogens is 348 g/mol. The van der Waals surface area contributed by atoms with Crippen LogP contribution in [0.2, 0.25) is 5.02 Å². The molecule has 1 N–H and O–H groups in total. The molecule has 0 aliphatic carbocycles. The Balaban J connectivity index is 1.68. The second-order valence-corrected chi connectivity index (χ2v) is 6.18. The predicted molar refractivity (Wildman–Crippen MR) is 104 cm³/mol. The summed E-state index contributed by atoms with van der Waals surface area (Å²) in [4.78, 5) is 14.4. The number of carbonyl (C=O) groups is 1. The van der Waals surface area contributed by atoms with Crippen LogP contribution in [0, 0.1) is 0 Å². The van der Waals surface area contributed by atoms with Crippen LogP contribution in [0.3, 0.4) is 0 Å². The average molecular weight is 367 g/mol.